The molecule has 0 aliphatic heterocycles. The molecule has 0 radical (unpaired) electrons. The summed E-state index contributed by atoms with van der Waals surface area (Å²) in [7, 11) is 3.36. The Bertz CT molecular complexity index is 536. The highest BCUT2D eigenvalue weighted by atomic mass is 28.4. The lowest BCUT2D eigenvalue weighted by molar-refractivity contribution is 0.135. The van der Waals surface area contributed by atoms with Gasteiger partial charge in [-0.2, -0.15) is 0 Å². The van der Waals surface area contributed by atoms with E-state index in [0.29, 0.717) is 0 Å². The maximum absolute atomic E-state index is 5.54. The lowest BCUT2D eigenvalue weighted by atomic mass is 10.4. The molecule has 144 valence electrons. The molecule has 8 heteroatoms. The molecule has 0 N–H and O–H groups in total. The van der Waals surface area contributed by atoms with Gasteiger partial charge in [-0.05, 0) is 0 Å². The van der Waals surface area contributed by atoms with E-state index in [-0.39, 0.29) is 0 Å². The van der Waals surface area contributed by atoms with E-state index in [0.717, 1.165) is 10.4 Å². The molecule has 6 nitrogen and oxygen atoms in total. The third-order valence-electron chi connectivity index (χ3n) is 3.87. The molecule has 0 saturated carbocycles. The smallest absolute Gasteiger partial charge is 0.373 e. The second-order valence-corrected chi connectivity index (χ2v) is 10.8. The van der Waals surface area contributed by atoms with Gasteiger partial charge < -0.3 is 26.6 Å². The SMILES string of the molecule is CO[Si](OC)(OC)c1ccccc1[Si](OC)(OC)OC.c1ccccc1. The first-order valence-corrected chi connectivity index (χ1v) is 11.5. The van der Waals surface area contributed by atoms with Crippen molar-refractivity contribution in [3.63, 3.8) is 0 Å². The molecule has 0 aliphatic rings. The minimum absolute atomic E-state index is 0.782. The van der Waals surface area contributed by atoms with Crippen molar-refractivity contribution in [1.29, 1.82) is 0 Å². The summed E-state index contributed by atoms with van der Waals surface area (Å²) in [6, 6.07) is 19.5. The van der Waals surface area contributed by atoms with E-state index in [1.54, 1.807) is 42.7 Å². The van der Waals surface area contributed by atoms with Crippen LogP contribution in [0, 0.1) is 0 Å². The molecule has 0 aliphatic carbocycles. The van der Waals surface area contributed by atoms with Crippen LogP contribution < -0.4 is 10.4 Å². The lowest BCUT2D eigenvalue weighted by Gasteiger charge is -2.31. The van der Waals surface area contributed by atoms with Gasteiger partial charge in [0.25, 0.3) is 0 Å². The van der Waals surface area contributed by atoms with Crippen molar-refractivity contribution in [2.75, 3.05) is 42.7 Å². The fourth-order valence-electron chi connectivity index (χ4n) is 2.56. The van der Waals surface area contributed by atoms with E-state index in [4.69, 9.17) is 26.6 Å². The van der Waals surface area contributed by atoms with E-state index in [2.05, 4.69) is 0 Å². The molecule has 0 bridgehead atoms. The lowest BCUT2D eigenvalue weighted by Crippen LogP contribution is -2.68. The zero-order chi connectivity index (χ0) is 19.5. The van der Waals surface area contributed by atoms with Crippen LogP contribution in [-0.4, -0.2) is 60.3 Å². The third kappa shape index (κ3) is 5.09. The van der Waals surface area contributed by atoms with E-state index >= 15 is 0 Å². The first-order chi connectivity index (χ1) is 12.6. The molecule has 0 spiro atoms. The number of rotatable bonds is 8. The van der Waals surface area contributed by atoms with Crippen LogP contribution in [0.2, 0.25) is 0 Å². The first kappa shape index (κ1) is 22.7. The summed E-state index contributed by atoms with van der Waals surface area (Å²) in [6.07, 6.45) is 0. The molecule has 2 rings (SSSR count). The van der Waals surface area contributed by atoms with Crippen LogP contribution in [0.15, 0.2) is 60.7 Å². The molecule has 0 atom stereocenters. The molecule has 2 aromatic carbocycles. The summed E-state index contributed by atoms with van der Waals surface area (Å²) in [5, 5.41) is 1.56. The largest absolute Gasteiger partial charge is 0.536 e. The first-order valence-electron chi connectivity index (χ1n) is 8.00. The molecular weight excluding hydrogens is 368 g/mol. The van der Waals surface area contributed by atoms with Gasteiger partial charge in [-0.15, -0.1) is 0 Å². The molecule has 26 heavy (non-hydrogen) atoms. The minimum atomic E-state index is -3.00. The van der Waals surface area contributed by atoms with Gasteiger partial charge in [0, 0.05) is 53.0 Å². The summed E-state index contributed by atoms with van der Waals surface area (Å²) in [4.78, 5) is 0. The van der Waals surface area contributed by atoms with Crippen LogP contribution in [0.1, 0.15) is 0 Å². The topological polar surface area (TPSA) is 55.4 Å². The fourth-order valence-corrected chi connectivity index (χ4v) is 7.23. The van der Waals surface area contributed by atoms with Gasteiger partial charge in [-0.3, -0.25) is 0 Å². The Morgan fingerprint density at radius 2 is 0.654 bits per heavy atom. The number of hydrogen-bond acceptors (Lipinski definition) is 6. The summed E-state index contributed by atoms with van der Waals surface area (Å²) in [6.45, 7) is 0. The van der Waals surface area contributed by atoms with Crippen molar-refractivity contribution in [2.45, 2.75) is 0 Å². The van der Waals surface area contributed by atoms with Gasteiger partial charge in [0.05, 0.1) is 0 Å². The predicted molar refractivity (Wildman–Crippen MR) is 106 cm³/mol. The Labute approximate surface area is 158 Å². The van der Waals surface area contributed by atoms with E-state index in [1.807, 2.05) is 60.7 Å². The van der Waals surface area contributed by atoms with Crippen molar-refractivity contribution in [3.05, 3.63) is 60.7 Å². The molecule has 0 fully saturated rings. The Hall–Kier alpha value is -1.37. The van der Waals surface area contributed by atoms with Crippen LogP contribution >= 0.6 is 0 Å². The summed E-state index contributed by atoms with van der Waals surface area (Å²) >= 11 is 0. The average Bonchev–Trinajstić information content (AvgIpc) is 2.74. The standard InChI is InChI=1S/C12H22O6Si2.C6H6/c1-13-19(14-2,15-3)11-9-7-8-10-12(11)20(16-4,17-5)18-6;1-2-4-6-5-3-1/h7-10H,1-6H3;1-6H. The number of hydrogen-bond donors (Lipinski definition) is 0. The van der Waals surface area contributed by atoms with E-state index in [9.17, 15) is 0 Å². The average molecular weight is 397 g/mol. The van der Waals surface area contributed by atoms with Crippen molar-refractivity contribution in [2.24, 2.45) is 0 Å². The summed E-state index contributed by atoms with van der Waals surface area (Å²) in [5.41, 5.74) is 0. The normalized spacial score (nSPS) is 11.6. The summed E-state index contributed by atoms with van der Waals surface area (Å²) < 4.78 is 33.2. The van der Waals surface area contributed by atoms with Crippen molar-refractivity contribution in [1.82, 2.24) is 0 Å². The quantitative estimate of drug-likeness (QED) is 0.631. The molecule has 0 aromatic heterocycles. The van der Waals surface area contributed by atoms with Crippen LogP contribution in [-0.2, 0) is 26.6 Å². The third-order valence-corrected chi connectivity index (χ3v) is 9.53. The minimum Gasteiger partial charge on any atom is -0.373 e. The van der Waals surface area contributed by atoms with Crippen molar-refractivity contribution >= 4 is 28.0 Å². The van der Waals surface area contributed by atoms with Gasteiger partial charge in [-0.25, -0.2) is 0 Å². The molecular formula is C18H28O6Si2. The van der Waals surface area contributed by atoms with Crippen LogP contribution in [0.3, 0.4) is 0 Å². The Morgan fingerprint density at radius 3 is 0.846 bits per heavy atom. The molecule has 0 heterocycles. The Balaban J connectivity index is 0.000000472. The van der Waals surface area contributed by atoms with Crippen LogP contribution in [0.4, 0.5) is 0 Å². The molecule has 2 aromatic rings. The zero-order valence-electron chi connectivity index (χ0n) is 16.2. The monoisotopic (exact) mass is 396 g/mol. The highest BCUT2D eigenvalue weighted by molar-refractivity contribution is 6.86. The molecule has 0 saturated heterocycles. The zero-order valence-corrected chi connectivity index (χ0v) is 18.2. The van der Waals surface area contributed by atoms with Gasteiger partial charge >= 0.3 is 17.6 Å². The fraction of sp³-hybridized carbons (Fsp3) is 0.333. The maximum atomic E-state index is 5.54. The number of benzene rings is 2. The van der Waals surface area contributed by atoms with E-state index in [1.165, 1.54) is 0 Å². The van der Waals surface area contributed by atoms with Crippen LogP contribution in [0.5, 0.6) is 0 Å². The van der Waals surface area contributed by atoms with Crippen LogP contribution in [0.25, 0.3) is 0 Å². The second-order valence-electron chi connectivity index (χ2n) is 5.04. The van der Waals surface area contributed by atoms with Gasteiger partial charge in [0.1, 0.15) is 0 Å². The predicted octanol–water partition coefficient (Wildman–Crippen LogP) is 1.54. The second kappa shape index (κ2) is 11.4. The van der Waals surface area contributed by atoms with Gasteiger partial charge in [-0.1, -0.05) is 60.7 Å². The van der Waals surface area contributed by atoms with Gasteiger partial charge in [0.15, 0.2) is 0 Å². The molecule has 0 amide bonds. The van der Waals surface area contributed by atoms with Gasteiger partial charge in [0.2, 0.25) is 0 Å². The Kier molecular flexibility index (Phi) is 9.91. The van der Waals surface area contributed by atoms with Crippen molar-refractivity contribution in [3.8, 4) is 0 Å². The maximum Gasteiger partial charge on any atom is 0.536 e. The van der Waals surface area contributed by atoms with Crippen molar-refractivity contribution < 1.29 is 26.6 Å². The molecule has 0 unspecified atom stereocenters. The van der Waals surface area contributed by atoms with E-state index < -0.39 is 17.6 Å². The Morgan fingerprint density at radius 1 is 0.423 bits per heavy atom. The highest BCUT2D eigenvalue weighted by Gasteiger charge is 2.51. The highest BCUT2D eigenvalue weighted by Crippen LogP contribution is 2.11. The summed E-state index contributed by atoms with van der Waals surface area (Å²) in [5.74, 6) is 0.